The molecule has 0 radical (unpaired) electrons. The predicted molar refractivity (Wildman–Crippen MR) is 168 cm³/mol. The number of aromatic nitrogens is 3. The molecule has 3 aromatic heterocycles. The van der Waals surface area contributed by atoms with Crippen LogP contribution in [0.3, 0.4) is 0 Å². The number of hydrogen-bond acceptors (Lipinski definition) is 6. The molecule has 0 spiro atoms. The van der Waals surface area contributed by atoms with Crippen LogP contribution in [-0.2, 0) is 33.0 Å². The van der Waals surface area contributed by atoms with Crippen LogP contribution in [-0.4, -0.2) is 50.2 Å². The van der Waals surface area contributed by atoms with Crippen LogP contribution in [0.5, 0.6) is 0 Å². The standard InChI is InChI=1S/C34H37FN6O3/c1-38-11-5-8-28(38)22-9-10-32(36-18-22)37-27-14-23(19-39(2)33(27)43)25-16-24(35)17-30(26(25)20-42)41-13-12-40-29-7-4-3-6-21(29)15-31(40)34(41)44/h9-10,14-19,28,42H,3-8,11-13,20H2,1-2H3,(H,36,37). The molecule has 1 aliphatic carbocycles. The smallest absolute Gasteiger partial charge is 0.274 e. The second-order valence-corrected chi connectivity index (χ2v) is 12.2. The summed E-state index contributed by atoms with van der Waals surface area (Å²) in [4.78, 5) is 35.4. The minimum Gasteiger partial charge on any atom is -0.392 e. The number of hydrogen-bond donors (Lipinski definition) is 2. The number of likely N-dealkylation sites (tertiary alicyclic amines) is 1. The Morgan fingerprint density at radius 2 is 1.86 bits per heavy atom. The zero-order chi connectivity index (χ0) is 30.5. The van der Waals surface area contributed by atoms with Crippen LogP contribution in [0.2, 0.25) is 0 Å². The third-order valence-corrected chi connectivity index (χ3v) is 9.51. The van der Waals surface area contributed by atoms with Gasteiger partial charge < -0.3 is 24.5 Å². The van der Waals surface area contributed by atoms with E-state index in [2.05, 4.69) is 26.8 Å². The van der Waals surface area contributed by atoms with Crippen molar-refractivity contribution >= 4 is 23.1 Å². The molecule has 2 N–H and O–H groups in total. The maximum Gasteiger partial charge on any atom is 0.274 e. The van der Waals surface area contributed by atoms with Gasteiger partial charge in [-0.05, 0) is 99.1 Å². The van der Waals surface area contributed by atoms with Gasteiger partial charge in [0, 0.05) is 55.4 Å². The Balaban J connectivity index is 1.23. The number of halogens is 1. The Morgan fingerprint density at radius 1 is 1.02 bits per heavy atom. The highest BCUT2D eigenvalue weighted by Crippen LogP contribution is 2.37. The molecule has 2 aliphatic heterocycles. The van der Waals surface area contributed by atoms with Gasteiger partial charge in [0.15, 0.2) is 0 Å². The Bertz CT molecular complexity index is 1810. The van der Waals surface area contributed by atoms with Gasteiger partial charge >= 0.3 is 0 Å². The molecule has 4 aromatic rings. The Morgan fingerprint density at radius 3 is 2.61 bits per heavy atom. The molecule has 0 bridgehead atoms. The van der Waals surface area contributed by atoms with Crippen molar-refractivity contribution in [1.29, 1.82) is 0 Å². The first kappa shape index (κ1) is 28.5. The fraction of sp³-hybridized carbons (Fsp3) is 0.382. The lowest BCUT2D eigenvalue weighted by atomic mass is 9.97. The third kappa shape index (κ3) is 4.92. The van der Waals surface area contributed by atoms with Gasteiger partial charge in [0.25, 0.3) is 11.5 Å². The number of benzene rings is 1. The largest absolute Gasteiger partial charge is 0.392 e. The molecular formula is C34H37FN6O3. The first-order valence-corrected chi connectivity index (χ1v) is 15.4. The molecule has 1 unspecified atom stereocenters. The lowest BCUT2D eigenvalue weighted by molar-refractivity contribution is 0.0964. The summed E-state index contributed by atoms with van der Waals surface area (Å²) in [5, 5.41) is 13.7. The van der Waals surface area contributed by atoms with E-state index in [1.807, 2.05) is 24.4 Å². The SMILES string of the molecule is CN1CCCC1c1ccc(Nc2cc(-c3cc(F)cc(N4CCn5c(cc6c5CCCC6)C4=O)c3CO)cn(C)c2=O)nc1. The molecule has 1 amide bonds. The first-order chi connectivity index (χ1) is 21.3. The number of fused-ring (bicyclic) bond motifs is 3. The predicted octanol–water partition coefficient (Wildman–Crippen LogP) is 4.93. The van der Waals surface area contributed by atoms with Crippen LogP contribution in [0.4, 0.5) is 21.6 Å². The second-order valence-electron chi connectivity index (χ2n) is 12.2. The number of amides is 1. The highest BCUT2D eigenvalue weighted by Gasteiger charge is 2.32. The summed E-state index contributed by atoms with van der Waals surface area (Å²) in [7, 11) is 3.75. The second kappa shape index (κ2) is 11.3. The third-order valence-electron chi connectivity index (χ3n) is 9.51. The summed E-state index contributed by atoms with van der Waals surface area (Å²) >= 11 is 0. The maximum absolute atomic E-state index is 15.3. The average molecular weight is 597 g/mol. The monoisotopic (exact) mass is 596 g/mol. The Labute approximate surface area is 255 Å². The molecule has 1 atom stereocenters. The van der Waals surface area contributed by atoms with Crippen molar-refractivity contribution in [3.63, 3.8) is 0 Å². The van der Waals surface area contributed by atoms with E-state index in [4.69, 9.17) is 0 Å². The number of aliphatic hydroxyl groups is 1. The van der Waals surface area contributed by atoms with Crippen molar-refractivity contribution in [2.24, 2.45) is 7.05 Å². The number of anilines is 3. The summed E-state index contributed by atoms with van der Waals surface area (Å²) in [6.45, 7) is 1.65. The Kier molecular flexibility index (Phi) is 7.34. The van der Waals surface area contributed by atoms with Gasteiger partial charge in [-0.1, -0.05) is 6.07 Å². The van der Waals surface area contributed by atoms with Gasteiger partial charge in [-0.2, -0.15) is 0 Å². The van der Waals surface area contributed by atoms with Gasteiger partial charge in [-0.15, -0.1) is 0 Å². The summed E-state index contributed by atoms with van der Waals surface area (Å²) < 4.78 is 18.8. The molecular weight excluding hydrogens is 559 g/mol. The lowest BCUT2D eigenvalue weighted by Gasteiger charge is -2.31. The molecule has 9 nitrogen and oxygen atoms in total. The van der Waals surface area contributed by atoms with Crippen LogP contribution in [0.15, 0.2) is 53.6 Å². The first-order valence-electron chi connectivity index (χ1n) is 15.4. The molecule has 7 rings (SSSR count). The number of rotatable bonds is 6. The van der Waals surface area contributed by atoms with E-state index in [0.717, 1.165) is 50.6 Å². The normalized spacial score (nSPS) is 18.4. The van der Waals surface area contributed by atoms with Gasteiger partial charge in [-0.25, -0.2) is 9.37 Å². The molecule has 3 aliphatic rings. The van der Waals surface area contributed by atoms with Crippen molar-refractivity contribution in [2.45, 2.75) is 57.7 Å². The molecule has 1 fully saturated rings. The minimum atomic E-state index is -0.530. The summed E-state index contributed by atoms with van der Waals surface area (Å²) in [5.41, 5.74) is 5.94. The zero-order valence-corrected chi connectivity index (χ0v) is 25.1. The van der Waals surface area contributed by atoms with E-state index >= 15 is 4.39 Å². The van der Waals surface area contributed by atoms with Crippen molar-refractivity contribution in [1.82, 2.24) is 19.0 Å². The van der Waals surface area contributed by atoms with Crippen LogP contribution in [0.1, 0.15) is 64.6 Å². The number of aryl methyl sites for hydroxylation is 2. The molecule has 0 saturated carbocycles. The number of carbonyl (C=O) groups excluding carboxylic acids is 1. The van der Waals surface area contributed by atoms with Gasteiger partial charge in [0.2, 0.25) is 0 Å². The summed E-state index contributed by atoms with van der Waals surface area (Å²) in [6.07, 6.45) is 9.88. The molecule has 10 heteroatoms. The topological polar surface area (TPSA) is 95.6 Å². The van der Waals surface area contributed by atoms with Gasteiger partial charge in [0.1, 0.15) is 23.0 Å². The lowest BCUT2D eigenvalue weighted by Crippen LogP contribution is -2.41. The van der Waals surface area contributed by atoms with Crippen molar-refractivity contribution in [3.05, 3.63) is 93.0 Å². The van der Waals surface area contributed by atoms with Crippen molar-refractivity contribution < 1.29 is 14.3 Å². The van der Waals surface area contributed by atoms with E-state index in [-0.39, 0.29) is 17.2 Å². The fourth-order valence-corrected chi connectivity index (χ4v) is 7.25. The average Bonchev–Trinajstić information content (AvgIpc) is 3.63. The highest BCUT2D eigenvalue weighted by molar-refractivity contribution is 6.07. The molecule has 1 aromatic carbocycles. The quantitative estimate of drug-likeness (QED) is 0.328. The molecule has 44 heavy (non-hydrogen) atoms. The van der Waals surface area contributed by atoms with Gasteiger partial charge in [0.05, 0.1) is 12.3 Å². The van der Waals surface area contributed by atoms with Crippen LogP contribution in [0, 0.1) is 5.82 Å². The molecule has 228 valence electrons. The van der Waals surface area contributed by atoms with Crippen LogP contribution < -0.4 is 15.8 Å². The highest BCUT2D eigenvalue weighted by atomic mass is 19.1. The minimum absolute atomic E-state index is 0.196. The van der Waals surface area contributed by atoms with E-state index in [9.17, 15) is 14.7 Å². The van der Waals surface area contributed by atoms with E-state index in [1.54, 1.807) is 24.2 Å². The van der Waals surface area contributed by atoms with E-state index < -0.39 is 12.4 Å². The van der Waals surface area contributed by atoms with Crippen LogP contribution in [0.25, 0.3) is 11.1 Å². The van der Waals surface area contributed by atoms with Crippen molar-refractivity contribution in [3.8, 4) is 11.1 Å². The van der Waals surface area contributed by atoms with E-state index in [1.165, 1.54) is 28.0 Å². The van der Waals surface area contributed by atoms with Crippen LogP contribution >= 0.6 is 0 Å². The number of pyridine rings is 2. The fourth-order valence-electron chi connectivity index (χ4n) is 7.25. The Hall–Kier alpha value is -4.28. The number of nitrogens with zero attached hydrogens (tertiary/aromatic N) is 5. The van der Waals surface area contributed by atoms with E-state index in [0.29, 0.717) is 53.0 Å². The molecule has 5 heterocycles. The number of carbonyl (C=O) groups is 1. The number of nitrogens with one attached hydrogen (secondary N) is 1. The van der Waals surface area contributed by atoms with Gasteiger partial charge in [-0.3, -0.25) is 14.5 Å². The molecule has 1 saturated heterocycles. The van der Waals surface area contributed by atoms with Crippen molar-refractivity contribution in [2.75, 3.05) is 30.4 Å². The summed E-state index contributed by atoms with van der Waals surface area (Å²) in [6, 6.07) is 10.5. The zero-order valence-electron chi connectivity index (χ0n) is 25.1. The number of aliphatic hydroxyl groups excluding tert-OH is 1. The maximum atomic E-state index is 15.3. The summed E-state index contributed by atoms with van der Waals surface area (Å²) in [5.74, 6) is -0.202.